The summed E-state index contributed by atoms with van der Waals surface area (Å²) in [5.74, 6) is -1.90. The van der Waals surface area contributed by atoms with E-state index in [1.807, 2.05) is 0 Å². The van der Waals surface area contributed by atoms with Crippen molar-refractivity contribution in [1.82, 2.24) is 15.1 Å². The van der Waals surface area contributed by atoms with E-state index in [9.17, 15) is 22.8 Å². The molecular formula is C21H17F3N4O2S. The molecule has 160 valence electrons. The molecule has 0 saturated heterocycles. The molecule has 0 bridgehead atoms. The van der Waals surface area contributed by atoms with Crippen LogP contribution in [-0.2, 0) is 29.4 Å². The van der Waals surface area contributed by atoms with Crippen LogP contribution in [0.4, 0.5) is 19.0 Å². The number of anilines is 1. The first-order valence-electron chi connectivity index (χ1n) is 9.34. The quantitative estimate of drug-likeness (QED) is 0.607. The molecule has 4 rings (SSSR count). The molecule has 10 heteroatoms. The van der Waals surface area contributed by atoms with Crippen LogP contribution in [0, 0.1) is 17.5 Å². The molecule has 0 atom stereocenters. The SMILES string of the molecule is O=C(Cn1nc2c(c1NC(=O)c1ccc(F)c(F)c1)CSC2)NCc1ccc(F)cc1. The van der Waals surface area contributed by atoms with Gasteiger partial charge in [0.15, 0.2) is 11.6 Å². The van der Waals surface area contributed by atoms with E-state index >= 15 is 0 Å². The van der Waals surface area contributed by atoms with Gasteiger partial charge in [0.25, 0.3) is 5.91 Å². The maximum absolute atomic E-state index is 13.5. The Bertz CT molecular complexity index is 1150. The lowest BCUT2D eigenvalue weighted by atomic mass is 10.2. The third kappa shape index (κ3) is 4.74. The Hall–Kier alpha value is -3.27. The molecule has 2 N–H and O–H groups in total. The van der Waals surface area contributed by atoms with E-state index in [1.54, 1.807) is 23.9 Å². The molecule has 0 aliphatic carbocycles. The molecule has 0 fully saturated rings. The van der Waals surface area contributed by atoms with Gasteiger partial charge in [-0.2, -0.15) is 16.9 Å². The number of amides is 2. The summed E-state index contributed by atoms with van der Waals surface area (Å²) in [5, 5.41) is 9.82. The molecule has 1 aliphatic rings. The molecule has 0 spiro atoms. The monoisotopic (exact) mass is 446 g/mol. The van der Waals surface area contributed by atoms with Crippen LogP contribution in [0.1, 0.15) is 27.2 Å². The van der Waals surface area contributed by atoms with Crippen molar-refractivity contribution in [2.75, 3.05) is 5.32 Å². The summed E-state index contributed by atoms with van der Waals surface area (Å²) in [6, 6.07) is 8.64. The Morgan fingerprint density at radius 3 is 2.55 bits per heavy atom. The van der Waals surface area contributed by atoms with E-state index in [4.69, 9.17) is 0 Å². The minimum absolute atomic E-state index is 0.0492. The number of rotatable bonds is 6. The smallest absolute Gasteiger partial charge is 0.256 e. The highest BCUT2D eigenvalue weighted by Crippen LogP contribution is 2.34. The number of benzene rings is 2. The fourth-order valence-corrected chi connectivity index (χ4v) is 4.17. The van der Waals surface area contributed by atoms with Crippen molar-refractivity contribution in [3.05, 3.63) is 82.3 Å². The topological polar surface area (TPSA) is 76.0 Å². The van der Waals surface area contributed by atoms with Crippen LogP contribution in [0.3, 0.4) is 0 Å². The maximum atomic E-state index is 13.5. The van der Waals surface area contributed by atoms with Crippen LogP contribution in [-0.4, -0.2) is 21.6 Å². The molecule has 1 aliphatic heterocycles. The van der Waals surface area contributed by atoms with Gasteiger partial charge in [-0.25, -0.2) is 17.9 Å². The molecular weight excluding hydrogens is 429 g/mol. The number of nitrogens with zero attached hydrogens (tertiary/aromatic N) is 2. The summed E-state index contributed by atoms with van der Waals surface area (Å²) >= 11 is 1.62. The molecule has 0 radical (unpaired) electrons. The van der Waals surface area contributed by atoms with Gasteiger partial charge in [0.05, 0.1) is 5.69 Å². The molecule has 2 aromatic carbocycles. The van der Waals surface area contributed by atoms with E-state index in [-0.39, 0.29) is 30.4 Å². The summed E-state index contributed by atoms with van der Waals surface area (Å²) in [4.78, 5) is 25.0. The van der Waals surface area contributed by atoms with Crippen LogP contribution in [0.25, 0.3) is 0 Å². The largest absolute Gasteiger partial charge is 0.350 e. The summed E-state index contributed by atoms with van der Waals surface area (Å²) in [5.41, 5.74) is 2.25. The molecule has 2 amide bonds. The lowest BCUT2D eigenvalue weighted by Crippen LogP contribution is -2.28. The summed E-state index contributed by atoms with van der Waals surface area (Å²) in [7, 11) is 0. The lowest BCUT2D eigenvalue weighted by molar-refractivity contribution is -0.122. The van der Waals surface area contributed by atoms with Gasteiger partial charge in [0.1, 0.15) is 18.2 Å². The van der Waals surface area contributed by atoms with Gasteiger partial charge >= 0.3 is 0 Å². The van der Waals surface area contributed by atoms with Crippen LogP contribution >= 0.6 is 11.8 Å². The van der Waals surface area contributed by atoms with E-state index in [0.29, 0.717) is 17.3 Å². The van der Waals surface area contributed by atoms with Gasteiger partial charge in [-0.3, -0.25) is 9.59 Å². The van der Waals surface area contributed by atoms with Crippen molar-refractivity contribution in [2.24, 2.45) is 0 Å². The summed E-state index contributed by atoms with van der Waals surface area (Å²) < 4.78 is 41.0. The van der Waals surface area contributed by atoms with E-state index in [2.05, 4.69) is 15.7 Å². The van der Waals surface area contributed by atoms with E-state index < -0.39 is 17.5 Å². The first kappa shape index (κ1) is 21.0. The third-order valence-corrected chi connectivity index (χ3v) is 5.70. The van der Waals surface area contributed by atoms with E-state index in [0.717, 1.165) is 29.0 Å². The van der Waals surface area contributed by atoms with Crippen LogP contribution in [0.2, 0.25) is 0 Å². The number of halogens is 3. The first-order chi connectivity index (χ1) is 14.9. The molecule has 2 heterocycles. The number of thioether (sulfide) groups is 1. The van der Waals surface area contributed by atoms with Gasteiger partial charge in [0, 0.05) is 29.2 Å². The Morgan fingerprint density at radius 1 is 1.03 bits per heavy atom. The minimum atomic E-state index is -1.12. The predicted octanol–water partition coefficient (Wildman–Crippen LogP) is 3.62. The average Bonchev–Trinajstić information content (AvgIpc) is 3.32. The van der Waals surface area contributed by atoms with Crippen molar-refractivity contribution in [2.45, 2.75) is 24.6 Å². The van der Waals surface area contributed by atoms with Gasteiger partial charge in [0.2, 0.25) is 5.91 Å². The van der Waals surface area contributed by atoms with Crippen molar-refractivity contribution in [3.63, 3.8) is 0 Å². The fourth-order valence-electron chi connectivity index (χ4n) is 3.13. The Labute approximate surface area is 179 Å². The molecule has 1 aromatic heterocycles. The molecule has 0 saturated carbocycles. The zero-order valence-electron chi connectivity index (χ0n) is 16.1. The number of hydrogen-bond acceptors (Lipinski definition) is 4. The van der Waals surface area contributed by atoms with Gasteiger partial charge in [-0.15, -0.1) is 0 Å². The maximum Gasteiger partial charge on any atom is 0.256 e. The second-order valence-electron chi connectivity index (χ2n) is 6.91. The van der Waals surface area contributed by atoms with Crippen LogP contribution < -0.4 is 10.6 Å². The predicted molar refractivity (Wildman–Crippen MR) is 110 cm³/mol. The Kier molecular flexibility index (Phi) is 5.99. The number of aromatic nitrogens is 2. The Morgan fingerprint density at radius 2 is 1.81 bits per heavy atom. The number of hydrogen-bond donors (Lipinski definition) is 2. The second kappa shape index (κ2) is 8.84. The first-order valence-corrected chi connectivity index (χ1v) is 10.5. The highest BCUT2D eigenvalue weighted by atomic mass is 32.2. The van der Waals surface area contributed by atoms with Gasteiger partial charge < -0.3 is 10.6 Å². The molecule has 3 aromatic rings. The van der Waals surface area contributed by atoms with Gasteiger partial charge in [-0.1, -0.05) is 12.1 Å². The summed E-state index contributed by atoms with van der Waals surface area (Å²) in [6.45, 7) is 0.0682. The van der Waals surface area contributed by atoms with Crippen molar-refractivity contribution in [1.29, 1.82) is 0 Å². The minimum Gasteiger partial charge on any atom is -0.350 e. The lowest BCUT2D eigenvalue weighted by Gasteiger charge is -2.12. The number of carbonyl (C=O) groups is 2. The zero-order chi connectivity index (χ0) is 22.0. The molecule has 31 heavy (non-hydrogen) atoms. The zero-order valence-corrected chi connectivity index (χ0v) is 16.9. The normalized spacial score (nSPS) is 12.5. The summed E-state index contributed by atoms with van der Waals surface area (Å²) in [6.07, 6.45) is 0. The Balaban J connectivity index is 1.48. The number of carbonyl (C=O) groups excluding carboxylic acids is 2. The van der Waals surface area contributed by atoms with E-state index in [1.165, 1.54) is 22.9 Å². The fraction of sp³-hybridized carbons (Fsp3) is 0.190. The second-order valence-corrected chi connectivity index (χ2v) is 7.90. The van der Waals surface area contributed by atoms with Crippen LogP contribution in [0.5, 0.6) is 0 Å². The molecule has 6 nitrogen and oxygen atoms in total. The van der Waals surface area contributed by atoms with Crippen molar-refractivity contribution >= 4 is 29.4 Å². The average molecular weight is 446 g/mol. The van der Waals surface area contributed by atoms with Crippen molar-refractivity contribution < 1.29 is 22.8 Å². The van der Waals surface area contributed by atoms with Crippen molar-refractivity contribution in [3.8, 4) is 0 Å². The van der Waals surface area contributed by atoms with Crippen LogP contribution in [0.15, 0.2) is 42.5 Å². The standard InChI is InChI=1S/C21H17F3N4O2S/c22-14-4-1-12(2-5-14)8-25-19(29)9-28-20(15-10-31-11-18(15)27-28)26-21(30)13-3-6-16(23)17(24)7-13/h1-7H,8-11H2,(H,25,29)(H,26,30). The highest BCUT2D eigenvalue weighted by molar-refractivity contribution is 7.98. The molecule has 0 unspecified atom stereocenters. The highest BCUT2D eigenvalue weighted by Gasteiger charge is 2.25. The third-order valence-electron chi connectivity index (χ3n) is 4.73. The number of fused-ring (bicyclic) bond motifs is 1. The number of nitrogens with one attached hydrogen (secondary N) is 2. The van der Waals surface area contributed by atoms with Gasteiger partial charge in [-0.05, 0) is 35.9 Å².